The molecule has 0 fully saturated rings. The van der Waals surface area contributed by atoms with E-state index in [1.54, 1.807) is 0 Å². The highest BCUT2D eigenvalue weighted by Crippen LogP contribution is 2.43. The lowest BCUT2D eigenvalue weighted by atomic mass is 10.1. The van der Waals surface area contributed by atoms with Crippen LogP contribution in [0.3, 0.4) is 0 Å². The minimum absolute atomic E-state index is 0.180. The minimum atomic E-state index is -4.65. The molecule has 0 aromatic heterocycles. The second-order valence-electron chi connectivity index (χ2n) is 16.4. The molecule has 0 rings (SSSR count). The van der Waals surface area contributed by atoms with E-state index < -0.39 is 58.4 Å². The van der Waals surface area contributed by atoms with Gasteiger partial charge in [-0.15, -0.1) is 0 Å². The molecule has 10 nitrogen and oxygen atoms in total. The lowest BCUT2D eigenvalue weighted by molar-refractivity contribution is -0.153. The van der Waals surface area contributed by atoms with Crippen molar-refractivity contribution in [2.24, 2.45) is 0 Å². The Bertz CT molecular complexity index is 1210. The Morgan fingerprint density at radius 3 is 1.11 bits per heavy atom. The van der Waals surface area contributed by atoms with Gasteiger partial charge in [0, 0.05) is 12.8 Å². The van der Waals surface area contributed by atoms with Crippen LogP contribution in [0.15, 0.2) is 60.8 Å². The zero-order chi connectivity index (χ0) is 45.5. The molecule has 0 aliphatic rings. The summed E-state index contributed by atoms with van der Waals surface area (Å²) in [6.07, 6.45) is 53.3. The lowest BCUT2D eigenvalue weighted by Crippen LogP contribution is -2.28. The number of unbranched alkanes of at least 4 members (excludes halogenated alkanes) is 22. The van der Waals surface area contributed by atoms with Crippen LogP contribution in [0.1, 0.15) is 213 Å². The fraction of sp³-hybridized carbons (Fsp3) is 0.765. The molecule has 0 spiro atoms. The van der Waals surface area contributed by atoms with Gasteiger partial charge in [0.2, 0.25) is 0 Å². The molecule has 0 radical (unpaired) electrons. The molecule has 0 aliphatic carbocycles. The molecular weight excluding hydrogens is 804 g/mol. The van der Waals surface area contributed by atoms with Crippen molar-refractivity contribution < 1.29 is 47.8 Å². The van der Waals surface area contributed by atoms with Gasteiger partial charge in [-0.05, 0) is 77.0 Å². The van der Waals surface area contributed by atoms with Gasteiger partial charge in [0.05, 0.1) is 26.4 Å². The highest BCUT2D eigenvalue weighted by atomic mass is 31.2. The molecule has 62 heavy (non-hydrogen) atoms. The number of carbonyl (C=O) groups is 2. The Labute approximate surface area is 378 Å². The van der Waals surface area contributed by atoms with Crippen LogP contribution in [0.2, 0.25) is 0 Å². The predicted molar refractivity (Wildman–Crippen MR) is 256 cm³/mol. The molecule has 360 valence electrons. The van der Waals surface area contributed by atoms with Gasteiger partial charge in [0.15, 0.2) is 0 Å². The molecule has 0 aliphatic heterocycles. The quantitative estimate of drug-likeness (QED) is 0.0233. The van der Waals surface area contributed by atoms with Crippen LogP contribution in [0.25, 0.3) is 0 Å². The van der Waals surface area contributed by atoms with Crippen molar-refractivity contribution in [3.8, 4) is 0 Å². The van der Waals surface area contributed by atoms with Gasteiger partial charge in [-0.25, -0.2) is 4.57 Å². The smallest absolute Gasteiger partial charge is 0.457 e. The Kier molecular flexibility index (Phi) is 44.9. The summed E-state index contributed by atoms with van der Waals surface area (Å²) in [7, 11) is -4.65. The van der Waals surface area contributed by atoms with Crippen LogP contribution < -0.4 is 0 Å². The van der Waals surface area contributed by atoms with Crippen molar-refractivity contribution in [3.63, 3.8) is 0 Å². The normalized spacial score (nSPS) is 14.2. The van der Waals surface area contributed by atoms with Gasteiger partial charge in [-0.2, -0.15) is 0 Å². The molecule has 0 heterocycles. The van der Waals surface area contributed by atoms with Crippen molar-refractivity contribution >= 4 is 19.8 Å². The van der Waals surface area contributed by atoms with Crippen LogP contribution in [0.5, 0.6) is 0 Å². The van der Waals surface area contributed by atoms with Crippen molar-refractivity contribution in [2.75, 3.05) is 26.4 Å². The first-order valence-electron chi connectivity index (χ1n) is 24.7. The number of esters is 2. The third-order valence-electron chi connectivity index (χ3n) is 10.5. The number of allylic oxidation sites excluding steroid dienone is 10. The van der Waals surface area contributed by atoms with Crippen LogP contribution in [0, 0.1) is 0 Å². The van der Waals surface area contributed by atoms with Gasteiger partial charge in [0.25, 0.3) is 0 Å². The van der Waals surface area contributed by atoms with E-state index in [-0.39, 0.29) is 12.8 Å². The predicted octanol–water partition coefficient (Wildman–Crippen LogP) is 13.8. The first kappa shape index (κ1) is 59.7. The molecule has 0 saturated heterocycles. The molecule has 0 aromatic carbocycles. The van der Waals surface area contributed by atoms with Crippen molar-refractivity contribution in [2.45, 2.75) is 225 Å². The molecule has 0 bridgehead atoms. The van der Waals surface area contributed by atoms with Crippen LogP contribution in [-0.4, -0.2) is 65.7 Å². The molecule has 3 N–H and O–H groups in total. The number of phosphoric ester groups is 1. The van der Waals surface area contributed by atoms with E-state index in [1.807, 2.05) is 0 Å². The number of hydrogen-bond acceptors (Lipinski definition) is 9. The number of phosphoric acid groups is 1. The molecule has 0 aromatic rings. The maximum atomic E-state index is 12.4. The third kappa shape index (κ3) is 44.3. The van der Waals surface area contributed by atoms with Gasteiger partial charge in [-0.3, -0.25) is 18.6 Å². The van der Waals surface area contributed by atoms with Crippen molar-refractivity contribution in [1.82, 2.24) is 0 Å². The van der Waals surface area contributed by atoms with Crippen molar-refractivity contribution in [3.05, 3.63) is 60.8 Å². The topological polar surface area (TPSA) is 149 Å². The summed E-state index contributed by atoms with van der Waals surface area (Å²) < 4.78 is 32.7. The van der Waals surface area contributed by atoms with Gasteiger partial charge >= 0.3 is 19.8 Å². The molecule has 0 saturated carbocycles. The van der Waals surface area contributed by atoms with E-state index in [4.69, 9.17) is 18.5 Å². The average molecular weight is 895 g/mol. The Balaban J connectivity index is 3.88. The number of hydrogen-bond donors (Lipinski definition) is 3. The second-order valence-corrected chi connectivity index (χ2v) is 17.9. The van der Waals surface area contributed by atoms with E-state index in [1.165, 1.54) is 96.3 Å². The minimum Gasteiger partial charge on any atom is -0.457 e. The highest BCUT2D eigenvalue weighted by molar-refractivity contribution is 7.47. The SMILES string of the molecule is CC/C=C\C/C=C\C/C=C\C/C=C\CCCCCCCCCCC(=O)OC(CO)COP(=O)(O)OCC(CO)OC(=O)CCCCCCCCC/C=C\CCCCCCCCC. The third-order valence-corrected chi connectivity index (χ3v) is 11.4. The second kappa shape index (κ2) is 46.7. The molecular formula is C51H91O10P. The Morgan fingerprint density at radius 2 is 0.758 bits per heavy atom. The van der Waals surface area contributed by atoms with Gasteiger partial charge in [0.1, 0.15) is 12.2 Å². The summed E-state index contributed by atoms with van der Waals surface area (Å²) in [5.41, 5.74) is 0. The summed E-state index contributed by atoms with van der Waals surface area (Å²) in [6, 6.07) is 0. The van der Waals surface area contributed by atoms with Crippen LogP contribution in [-0.2, 0) is 32.7 Å². The lowest BCUT2D eigenvalue weighted by Gasteiger charge is -2.20. The van der Waals surface area contributed by atoms with E-state index in [2.05, 4.69) is 74.6 Å². The van der Waals surface area contributed by atoms with Gasteiger partial charge in [-0.1, -0.05) is 184 Å². The fourth-order valence-corrected chi connectivity index (χ4v) is 7.47. The zero-order valence-electron chi connectivity index (χ0n) is 39.3. The number of carbonyl (C=O) groups excluding carboxylic acids is 2. The highest BCUT2D eigenvalue weighted by Gasteiger charge is 2.27. The summed E-state index contributed by atoms with van der Waals surface area (Å²) in [6.45, 7) is 2.10. The molecule has 3 unspecified atom stereocenters. The van der Waals surface area contributed by atoms with E-state index in [0.717, 1.165) is 77.0 Å². The van der Waals surface area contributed by atoms with Crippen molar-refractivity contribution in [1.29, 1.82) is 0 Å². The number of rotatable bonds is 46. The van der Waals surface area contributed by atoms with Crippen LogP contribution >= 0.6 is 7.82 Å². The number of ether oxygens (including phenoxy) is 2. The Morgan fingerprint density at radius 1 is 0.452 bits per heavy atom. The Hall–Kier alpha value is -2.33. The summed E-state index contributed by atoms with van der Waals surface area (Å²) in [5.74, 6) is -1.03. The maximum Gasteiger partial charge on any atom is 0.472 e. The molecule has 11 heteroatoms. The first-order valence-corrected chi connectivity index (χ1v) is 26.2. The summed E-state index contributed by atoms with van der Waals surface area (Å²) in [4.78, 5) is 34.7. The standard InChI is InChI=1S/C51H91O10P/c1-3-5-7-9-11-13-15-17-19-21-23-24-25-27-29-31-33-35-37-39-41-43-51(55)61-49(45-53)47-59-62(56,57)58-46-48(44-52)60-50(54)42-40-38-36-34-32-30-28-26-22-20-18-16-14-12-10-8-6-4-2/h5,7,11,13,17,19-20,22-24,48-49,52-53H,3-4,6,8-10,12,14-16,18,21,25-47H2,1-2H3,(H,56,57)/b7-5-,13-11-,19-17-,22-20-,24-23-. The number of aliphatic hydroxyl groups excluding tert-OH is 2. The fourth-order valence-electron chi connectivity index (χ4n) is 6.69. The first-order chi connectivity index (χ1) is 30.3. The summed E-state index contributed by atoms with van der Waals surface area (Å²) >= 11 is 0. The van der Waals surface area contributed by atoms with E-state index in [0.29, 0.717) is 12.8 Å². The largest absolute Gasteiger partial charge is 0.472 e. The van der Waals surface area contributed by atoms with E-state index in [9.17, 15) is 29.3 Å². The van der Waals surface area contributed by atoms with Gasteiger partial charge < -0.3 is 24.6 Å². The van der Waals surface area contributed by atoms with Crippen LogP contribution in [0.4, 0.5) is 0 Å². The molecule has 3 atom stereocenters. The molecule has 0 amide bonds. The summed E-state index contributed by atoms with van der Waals surface area (Å²) in [5, 5.41) is 19.2. The number of aliphatic hydroxyl groups is 2. The average Bonchev–Trinajstić information content (AvgIpc) is 3.26. The maximum absolute atomic E-state index is 12.4. The monoisotopic (exact) mass is 895 g/mol. The zero-order valence-corrected chi connectivity index (χ0v) is 40.2. The van der Waals surface area contributed by atoms with E-state index >= 15 is 0 Å².